The van der Waals surface area contributed by atoms with E-state index in [-0.39, 0.29) is 64.2 Å². The van der Waals surface area contributed by atoms with Gasteiger partial charge >= 0.3 is 46.9 Å². The summed E-state index contributed by atoms with van der Waals surface area (Å²) >= 11 is 0. The van der Waals surface area contributed by atoms with Crippen LogP contribution in [-0.4, -0.2) is 110 Å². The van der Waals surface area contributed by atoms with E-state index < -0.39 is 70.8 Å². The molecule has 0 radical (unpaired) electrons. The number of carbonyl (C=O) groups excluding carboxylic acids is 2. The Hall–Kier alpha value is -7.04. The normalized spacial score (nSPS) is 13.6. The van der Waals surface area contributed by atoms with Crippen molar-refractivity contribution < 1.29 is 159 Å². The van der Waals surface area contributed by atoms with Gasteiger partial charge in [0.05, 0.1) is 29.4 Å². The molecule has 22 nitrogen and oxygen atoms in total. The summed E-state index contributed by atoms with van der Waals surface area (Å²) < 4.78 is 211. The third kappa shape index (κ3) is 25.9. The van der Waals surface area contributed by atoms with Gasteiger partial charge in [-0.1, -0.05) is 84.9 Å². The van der Waals surface area contributed by atoms with Crippen LogP contribution in [0.2, 0.25) is 0 Å². The molecule has 8 aromatic rings. The predicted octanol–water partition coefficient (Wildman–Crippen LogP) is 11.2. The van der Waals surface area contributed by atoms with Crippen molar-refractivity contribution in [1.29, 1.82) is 0 Å². The SMILES string of the molecule is Cc1cc(C(=O)Nc2ccc(F)c(C(O)c3ccccc3)c2)n(-c2cccc(CN)c2)n1.Cc1cc(C(=O)Nc2ccc(F)c(C(OCC3CC3)c3ccccc3)c2)n(-c2cccc(CN)c2)n1.O=S(=O)(O)C(F)(F)F.O=S(=O)(O)C(F)(F)F.O=S(=O)(O)C(F)(F)F.OCC1CC1.[Yb]. The van der Waals surface area contributed by atoms with E-state index in [0.29, 0.717) is 89.1 Å². The first-order valence-corrected chi connectivity index (χ1v) is 32.5. The summed E-state index contributed by atoms with van der Waals surface area (Å²) in [6.45, 7) is 5.39. The van der Waals surface area contributed by atoms with Gasteiger partial charge in [0, 0.05) is 89.1 Å². The van der Waals surface area contributed by atoms with Crippen LogP contribution in [0.15, 0.2) is 158 Å². The van der Waals surface area contributed by atoms with Gasteiger partial charge in [0.15, 0.2) is 0 Å². The van der Waals surface area contributed by atoms with Crippen LogP contribution in [0.25, 0.3) is 11.4 Å². The Morgan fingerprint density at radius 3 is 1.23 bits per heavy atom. The number of nitrogens with zero attached hydrogens (tertiary/aromatic N) is 4. The maximum Gasteiger partial charge on any atom is 0.522 e. The summed E-state index contributed by atoms with van der Waals surface area (Å²) in [4.78, 5) is 26.4. The minimum absolute atomic E-state index is 0. The van der Waals surface area contributed by atoms with Crippen molar-refractivity contribution in [2.24, 2.45) is 23.3 Å². The van der Waals surface area contributed by atoms with Crippen molar-refractivity contribution in [3.05, 3.63) is 226 Å². The summed E-state index contributed by atoms with van der Waals surface area (Å²) in [6, 6.07) is 45.5. The van der Waals surface area contributed by atoms with Crippen LogP contribution in [0, 0.1) is 84.2 Å². The Kier molecular flexibility index (Phi) is 30.9. The fourth-order valence-electron chi connectivity index (χ4n) is 8.02. The minimum Gasteiger partial charge on any atom is -0.396 e. The summed E-state index contributed by atoms with van der Waals surface area (Å²) in [6.07, 6.45) is 3.09. The molecule has 2 unspecified atom stereocenters. The van der Waals surface area contributed by atoms with Crippen molar-refractivity contribution >= 4 is 53.5 Å². The second kappa shape index (κ2) is 36.3. The molecule has 2 aliphatic carbocycles. The Balaban J connectivity index is 0.000000295. The molecule has 0 bridgehead atoms. The second-order valence-corrected chi connectivity index (χ2v) is 25.3. The number of nitrogens with two attached hydrogens (primary N) is 2. The Morgan fingerprint density at radius 1 is 0.541 bits per heavy atom. The van der Waals surface area contributed by atoms with Gasteiger partial charge in [-0.3, -0.25) is 23.2 Å². The Labute approximate surface area is 592 Å². The number of rotatable bonds is 16. The number of ether oxygens (including phenoxy) is 1. The van der Waals surface area contributed by atoms with E-state index in [1.54, 1.807) is 64.8 Å². The molecule has 2 fully saturated rings. The van der Waals surface area contributed by atoms with E-state index in [4.69, 9.17) is 60.2 Å². The monoisotopic (exact) mass is 1610 g/mol. The minimum atomic E-state index is -5.84. The third-order valence-electron chi connectivity index (χ3n) is 13.2. The van der Waals surface area contributed by atoms with Gasteiger partial charge in [-0.15, -0.1) is 0 Å². The molecule has 0 aliphatic heterocycles. The van der Waals surface area contributed by atoms with Gasteiger partial charge in [0.25, 0.3) is 11.8 Å². The first-order chi connectivity index (χ1) is 45.2. The number of hydrogen-bond acceptors (Lipinski definition) is 15. The van der Waals surface area contributed by atoms with Crippen LogP contribution in [0.1, 0.15) is 104 Å². The van der Waals surface area contributed by atoms with Crippen LogP contribution in [0.3, 0.4) is 0 Å². The number of aliphatic hydroxyl groups excluding tert-OH is 2. The number of aliphatic hydroxyl groups is 2. The first kappa shape index (κ1) is 83.4. The van der Waals surface area contributed by atoms with Crippen molar-refractivity contribution in [3.8, 4) is 11.4 Å². The van der Waals surface area contributed by atoms with Gasteiger partial charge < -0.3 is 37.1 Å². The summed E-state index contributed by atoms with van der Waals surface area (Å²) in [5.74, 6) is -0.466. The molecule has 2 aromatic heterocycles. The van der Waals surface area contributed by atoms with Crippen LogP contribution in [-0.2, 0) is 48.2 Å². The van der Waals surface area contributed by atoms with Crippen molar-refractivity contribution in [2.75, 3.05) is 23.8 Å². The second-order valence-electron chi connectivity index (χ2n) is 21.1. The standard InChI is InChI=1S/C29H29FN4O2.C25H23FN4O2.C4H8O.3CHF3O3S.Yb/c1-19-14-27(34(33-19)24-9-5-6-21(15-24)17-31)29(35)32-23-12-13-26(30)25(16-23)28(36-18-20-10-11-20)22-7-3-2-4-8-22;1-16-12-23(30(29-16)20-9-5-6-17(13-20)15-27)25(32)28-19-10-11-22(26)21(14-19)24(31)18-7-3-2-4-8-18;5-3-4-1-2-4;3*2-1(3,4)8(5,6)7;/h2-9,12-16,20,28H,10-11,17-18,31H2,1H3,(H,32,35);2-14,24,31H,15,27H2,1H3,(H,28,32);4-5H,1-3H2;3*(H,5,6,7);. The zero-order chi connectivity index (χ0) is 72.4. The van der Waals surface area contributed by atoms with E-state index in [1.165, 1.54) is 37.1 Å². The molecular formula is C61H63F11N8O14S3Yb. The summed E-state index contributed by atoms with van der Waals surface area (Å²) in [7, 11) is -17.5. The molecule has 6 aromatic carbocycles. The molecule has 0 saturated heterocycles. The number of alkyl halides is 9. The molecular weight excluding hydrogens is 1550 g/mol. The summed E-state index contributed by atoms with van der Waals surface area (Å²) in [5.41, 5.74) is 3.04. The summed E-state index contributed by atoms with van der Waals surface area (Å²) in [5, 5.41) is 33.5. The maximum atomic E-state index is 15.0. The Bertz CT molecular complexity index is 4200. The molecule has 2 atom stereocenters. The van der Waals surface area contributed by atoms with Gasteiger partial charge in [-0.2, -0.15) is 75.0 Å². The van der Waals surface area contributed by atoms with Crippen molar-refractivity contribution in [3.63, 3.8) is 0 Å². The number of hydrogen-bond donors (Lipinski definition) is 9. The molecule has 37 heteroatoms. The third-order valence-corrected chi connectivity index (χ3v) is 15.0. The van der Waals surface area contributed by atoms with Crippen molar-refractivity contribution in [2.45, 2.75) is 81.4 Å². The quantitative estimate of drug-likeness (QED) is 0.0246. The molecule has 2 heterocycles. The molecule has 11 N–H and O–H groups in total. The average Bonchev–Trinajstić information content (AvgIpc) is 1.45. The number of amides is 2. The molecule has 2 aliphatic rings. The molecule has 98 heavy (non-hydrogen) atoms. The van der Waals surface area contributed by atoms with Gasteiger partial charge in [0.2, 0.25) is 0 Å². The number of aryl methyl sites for hydroxylation is 2. The van der Waals surface area contributed by atoms with Gasteiger partial charge in [-0.05, 0) is 146 Å². The molecule has 10 rings (SSSR count). The van der Waals surface area contributed by atoms with Gasteiger partial charge in [-0.25, -0.2) is 18.1 Å². The smallest absolute Gasteiger partial charge is 0.396 e. The van der Waals surface area contributed by atoms with Crippen LogP contribution < -0.4 is 22.1 Å². The van der Waals surface area contributed by atoms with Crippen LogP contribution >= 0.6 is 0 Å². The van der Waals surface area contributed by atoms with Crippen molar-refractivity contribution in [1.82, 2.24) is 19.6 Å². The molecule has 0 spiro atoms. The van der Waals surface area contributed by atoms with E-state index in [1.807, 2.05) is 91.9 Å². The topological polar surface area (TPSA) is 359 Å². The number of halogens is 11. The zero-order valence-corrected chi connectivity index (χ0v) is 55.1. The average molecular weight is 1610 g/mol. The molecule has 2 saturated carbocycles. The number of anilines is 2. The van der Waals surface area contributed by atoms with Gasteiger partial charge in [0.1, 0.15) is 35.2 Å². The fourth-order valence-corrected chi connectivity index (χ4v) is 8.02. The number of benzene rings is 6. The predicted molar refractivity (Wildman–Crippen MR) is 331 cm³/mol. The Morgan fingerprint density at radius 2 is 0.898 bits per heavy atom. The van der Waals surface area contributed by atoms with Crippen LogP contribution in [0.5, 0.6) is 0 Å². The fraction of sp³-hybridized carbons (Fsp3) is 0.279. The number of aromatic nitrogens is 4. The number of carbonyl (C=O) groups is 2. The first-order valence-electron chi connectivity index (χ1n) is 28.2. The molecule has 2 amide bonds. The zero-order valence-electron chi connectivity index (χ0n) is 51.0. The van der Waals surface area contributed by atoms with E-state index in [2.05, 4.69) is 20.8 Å². The maximum absolute atomic E-state index is 15.0. The largest absolute Gasteiger partial charge is 0.522 e. The van der Waals surface area contributed by atoms with E-state index in [9.17, 15) is 58.6 Å². The molecule has 540 valence electrons. The number of nitrogens with one attached hydrogen (secondary N) is 2. The van der Waals surface area contributed by atoms with Crippen LogP contribution in [0.4, 0.5) is 59.7 Å². The van der Waals surface area contributed by atoms with E-state index >= 15 is 4.39 Å². The van der Waals surface area contributed by atoms with E-state index in [0.717, 1.165) is 35.2 Å².